The van der Waals surface area contributed by atoms with E-state index in [9.17, 15) is 13.9 Å². The van der Waals surface area contributed by atoms with Crippen LogP contribution in [0.25, 0.3) is 0 Å². The molecule has 0 aliphatic heterocycles. The van der Waals surface area contributed by atoms with Gasteiger partial charge in [-0.15, -0.1) is 0 Å². The molecule has 1 atom stereocenters. The first-order valence-corrected chi connectivity index (χ1v) is 6.53. The first kappa shape index (κ1) is 14.7. The molecule has 0 saturated heterocycles. The van der Waals surface area contributed by atoms with Crippen molar-refractivity contribution in [2.75, 3.05) is 0 Å². The van der Waals surface area contributed by atoms with Gasteiger partial charge >= 0.3 is 0 Å². The van der Waals surface area contributed by atoms with Crippen LogP contribution in [0.15, 0.2) is 42.5 Å². The normalized spacial score (nSPS) is 13.3. The van der Waals surface area contributed by atoms with Crippen LogP contribution >= 0.6 is 0 Å². The van der Waals surface area contributed by atoms with E-state index in [4.69, 9.17) is 0 Å². The molecule has 0 saturated carbocycles. The van der Waals surface area contributed by atoms with Crippen LogP contribution in [0.3, 0.4) is 0 Å². The zero-order valence-corrected chi connectivity index (χ0v) is 11.8. The summed E-state index contributed by atoms with van der Waals surface area (Å²) in [6, 6.07) is 12.3. The van der Waals surface area contributed by atoms with Crippen LogP contribution < -0.4 is 0 Å². The molecule has 106 valence electrons. The summed E-state index contributed by atoms with van der Waals surface area (Å²) in [4.78, 5) is 0. The maximum absolute atomic E-state index is 14.0. The maximum Gasteiger partial charge on any atom is 0.164 e. The topological polar surface area (TPSA) is 20.2 Å². The Bertz CT molecular complexity index is 606. The van der Waals surface area contributed by atoms with E-state index in [1.165, 1.54) is 19.1 Å². The highest BCUT2D eigenvalue weighted by Gasteiger charge is 2.33. The van der Waals surface area contributed by atoms with Crippen LogP contribution in [-0.4, -0.2) is 5.11 Å². The molecule has 0 aliphatic rings. The molecule has 2 aromatic carbocycles. The predicted octanol–water partition coefficient (Wildman–Crippen LogP) is 4.28. The SMILES string of the molecule is Cc1ccc(C(O)C(C)(C)c2ccccc2)c(F)c1F. The molecular weight excluding hydrogens is 258 g/mol. The van der Waals surface area contributed by atoms with E-state index in [1.807, 2.05) is 44.2 Å². The van der Waals surface area contributed by atoms with E-state index in [2.05, 4.69) is 0 Å². The highest BCUT2D eigenvalue weighted by Crippen LogP contribution is 2.38. The fourth-order valence-corrected chi connectivity index (χ4v) is 2.29. The smallest absolute Gasteiger partial charge is 0.164 e. The van der Waals surface area contributed by atoms with Gasteiger partial charge in [0, 0.05) is 11.0 Å². The lowest BCUT2D eigenvalue weighted by atomic mass is 9.76. The third-order valence-electron chi connectivity index (χ3n) is 3.80. The number of benzene rings is 2. The largest absolute Gasteiger partial charge is 0.387 e. The molecular formula is C17H18F2O. The van der Waals surface area contributed by atoms with Crippen molar-refractivity contribution < 1.29 is 13.9 Å². The minimum atomic E-state index is -1.13. The number of aliphatic hydroxyl groups excluding tert-OH is 1. The number of hydrogen-bond donors (Lipinski definition) is 1. The number of rotatable bonds is 3. The fourth-order valence-electron chi connectivity index (χ4n) is 2.29. The molecule has 0 aromatic heterocycles. The van der Waals surface area contributed by atoms with Crippen LogP contribution in [-0.2, 0) is 5.41 Å². The molecule has 2 aromatic rings. The molecule has 0 amide bonds. The van der Waals surface area contributed by atoms with Crippen LogP contribution in [0.5, 0.6) is 0 Å². The van der Waals surface area contributed by atoms with Crippen molar-refractivity contribution in [2.45, 2.75) is 32.3 Å². The highest BCUT2D eigenvalue weighted by atomic mass is 19.2. The quantitative estimate of drug-likeness (QED) is 0.887. The van der Waals surface area contributed by atoms with Gasteiger partial charge in [0.1, 0.15) is 0 Å². The highest BCUT2D eigenvalue weighted by molar-refractivity contribution is 5.33. The summed E-state index contributed by atoms with van der Waals surface area (Å²) in [6.07, 6.45) is -1.13. The van der Waals surface area contributed by atoms with Crippen molar-refractivity contribution in [3.63, 3.8) is 0 Å². The van der Waals surface area contributed by atoms with Crippen LogP contribution in [0.4, 0.5) is 8.78 Å². The second-order valence-corrected chi connectivity index (χ2v) is 5.59. The van der Waals surface area contributed by atoms with Gasteiger partial charge in [0.15, 0.2) is 11.6 Å². The van der Waals surface area contributed by atoms with Crippen LogP contribution in [0.1, 0.15) is 36.6 Å². The van der Waals surface area contributed by atoms with E-state index in [-0.39, 0.29) is 11.1 Å². The summed E-state index contributed by atoms with van der Waals surface area (Å²) in [6.45, 7) is 5.12. The fraction of sp³-hybridized carbons (Fsp3) is 0.294. The summed E-state index contributed by atoms with van der Waals surface area (Å²) in [7, 11) is 0. The first-order valence-electron chi connectivity index (χ1n) is 6.53. The second kappa shape index (κ2) is 5.33. The molecule has 2 rings (SSSR count). The van der Waals surface area contributed by atoms with Crippen LogP contribution in [0, 0.1) is 18.6 Å². The number of hydrogen-bond acceptors (Lipinski definition) is 1. The van der Waals surface area contributed by atoms with Crippen molar-refractivity contribution in [1.29, 1.82) is 0 Å². The van der Waals surface area contributed by atoms with Gasteiger partial charge in [-0.3, -0.25) is 0 Å². The van der Waals surface area contributed by atoms with E-state index >= 15 is 0 Å². The Hall–Kier alpha value is -1.74. The van der Waals surface area contributed by atoms with E-state index in [0.717, 1.165) is 5.56 Å². The molecule has 1 N–H and O–H groups in total. The van der Waals surface area contributed by atoms with Gasteiger partial charge in [0.25, 0.3) is 0 Å². The van der Waals surface area contributed by atoms with Gasteiger partial charge < -0.3 is 5.11 Å². The summed E-state index contributed by atoms with van der Waals surface area (Å²) in [5.41, 5.74) is 0.370. The molecule has 3 heteroatoms. The third kappa shape index (κ3) is 2.46. The van der Waals surface area contributed by atoms with Crippen molar-refractivity contribution in [1.82, 2.24) is 0 Å². The van der Waals surface area contributed by atoms with Gasteiger partial charge in [-0.25, -0.2) is 8.78 Å². The number of aryl methyl sites for hydroxylation is 1. The van der Waals surface area contributed by atoms with Gasteiger partial charge in [-0.1, -0.05) is 56.3 Å². The van der Waals surface area contributed by atoms with Gasteiger partial charge in [-0.05, 0) is 18.1 Å². The maximum atomic E-state index is 14.0. The summed E-state index contributed by atoms with van der Waals surface area (Å²) < 4.78 is 27.7. The van der Waals surface area contributed by atoms with E-state index in [0.29, 0.717) is 0 Å². The molecule has 20 heavy (non-hydrogen) atoms. The molecule has 0 fully saturated rings. The average molecular weight is 276 g/mol. The third-order valence-corrected chi connectivity index (χ3v) is 3.80. The zero-order valence-electron chi connectivity index (χ0n) is 11.8. The van der Waals surface area contributed by atoms with E-state index in [1.54, 1.807) is 0 Å². The average Bonchev–Trinajstić information content (AvgIpc) is 2.45. The Balaban J connectivity index is 2.46. The zero-order chi connectivity index (χ0) is 14.9. The standard InChI is InChI=1S/C17H18F2O/c1-11-9-10-13(15(19)14(11)18)16(20)17(2,3)12-7-5-4-6-8-12/h4-10,16,20H,1-3H3. The number of halogens is 2. The minimum absolute atomic E-state index is 0.0121. The van der Waals surface area contributed by atoms with Crippen LogP contribution in [0.2, 0.25) is 0 Å². The Morgan fingerprint density at radius 1 is 0.950 bits per heavy atom. The Morgan fingerprint density at radius 2 is 1.55 bits per heavy atom. The molecule has 0 radical (unpaired) electrons. The monoisotopic (exact) mass is 276 g/mol. The van der Waals surface area contributed by atoms with Crippen molar-refractivity contribution in [3.05, 3.63) is 70.8 Å². The van der Waals surface area contributed by atoms with Crippen molar-refractivity contribution in [2.24, 2.45) is 0 Å². The van der Waals surface area contributed by atoms with Crippen molar-refractivity contribution in [3.8, 4) is 0 Å². The molecule has 1 unspecified atom stereocenters. The summed E-state index contributed by atoms with van der Waals surface area (Å²) >= 11 is 0. The molecule has 1 nitrogen and oxygen atoms in total. The summed E-state index contributed by atoms with van der Waals surface area (Å²) in [5.74, 6) is -1.87. The molecule has 0 aliphatic carbocycles. The second-order valence-electron chi connectivity index (χ2n) is 5.59. The molecule has 0 heterocycles. The Morgan fingerprint density at radius 3 is 2.15 bits per heavy atom. The lowest BCUT2D eigenvalue weighted by Gasteiger charge is -2.31. The molecule has 0 spiro atoms. The molecule has 0 bridgehead atoms. The Kier molecular flexibility index (Phi) is 3.91. The lowest BCUT2D eigenvalue weighted by molar-refractivity contribution is 0.0957. The number of aliphatic hydroxyl groups is 1. The predicted molar refractivity (Wildman–Crippen MR) is 75.5 cm³/mol. The van der Waals surface area contributed by atoms with Gasteiger partial charge in [0.05, 0.1) is 6.10 Å². The van der Waals surface area contributed by atoms with Crippen molar-refractivity contribution >= 4 is 0 Å². The lowest BCUT2D eigenvalue weighted by Crippen LogP contribution is -2.27. The van der Waals surface area contributed by atoms with E-state index < -0.39 is 23.2 Å². The summed E-state index contributed by atoms with van der Waals surface area (Å²) in [5, 5.41) is 10.5. The minimum Gasteiger partial charge on any atom is -0.387 e. The van der Waals surface area contributed by atoms with Gasteiger partial charge in [0.2, 0.25) is 0 Å². The van der Waals surface area contributed by atoms with Gasteiger partial charge in [-0.2, -0.15) is 0 Å². The Labute approximate surface area is 117 Å². The first-order chi connectivity index (χ1) is 9.35.